The molecule has 0 aliphatic rings. The average molecular weight is 245 g/mol. The summed E-state index contributed by atoms with van der Waals surface area (Å²) in [6.07, 6.45) is 2.13. The van der Waals surface area contributed by atoms with E-state index in [-0.39, 0.29) is 11.8 Å². The summed E-state index contributed by atoms with van der Waals surface area (Å²) >= 11 is 0. The predicted molar refractivity (Wildman–Crippen MR) is 59.8 cm³/mol. The Labute approximate surface area is 96.8 Å². The summed E-state index contributed by atoms with van der Waals surface area (Å²) in [5.41, 5.74) is 0. The number of nitrogens with zero attached hydrogens (tertiary/aromatic N) is 1. The Morgan fingerprint density at radius 1 is 1.38 bits per heavy atom. The maximum Gasteiger partial charge on any atom is 0.310 e. The zero-order valence-corrected chi connectivity index (χ0v) is 10.1. The van der Waals surface area contributed by atoms with E-state index in [4.69, 9.17) is 5.26 Å². The maximum atomic E-state index is 11.1. The quantitative estimate of drug-likeness (QED) is 0.474. The Kier molecular flexibility index (Phi) is 7.12. The molecule has 0 aliphatic carbocycles. The smallest absolute Gasteiger partial charge is 0.310 e. The molecule has 0 spiro atoms. The normalized spacial score (nSPS) is 13.3. The molecule has 2 unspecified atom stereocenters. The number of nitriles is 1. The molecule has 0 aromatic heterocycles. The van der Waals surface area contributed by atoms with Crippen molar-refractivity contribution in [2.75, 3.05) is 19.3 Å². The lowest BCUT2D eigenvalue weighted by atomic mass is 10.3. The van der Waals surface area contributed by atoms with Gasteiger partial charge in [-0.3, -0.25) is 13.8 Å². The van der Waals surface area contributed by atoms with Crippen LogP contribution in [0.15, 0.2) is 0 Å². The van der Waals surface area contributed by atoms with Crippen molar-refractivity contribution in [2.24, 2.45) is 0 Å². The lowest BCUT2D eigenvalue weighted by molar-refractivity contribution is -0.139. The Morgan fingerprint density at radius 2 is 1.94 bits per heavy atom. The molecule has 0 aromatic rings. The molecule has 6 nitrogen and oxygen atoms in total. The maximum absolute atomic E-state index is 11.1. The van der Waals surface area contributed by atoms with Crippen LogP contribution in [0.5, 0.6) is 0 Å². The zero-order valence-electron chi connectivity index (χ0n) is 9.28. The van der Waals surface area contributed by atoms with Crippen molar-refractivity contribution in [3.63, 3.8) is 0 Å². The van der Waals surface area contributed by atoms with Gasteiger partial charge < -0.3 is 10.6 Å². The molecule has 0 aliphatic heterocycles. The number of carbonyl (C=O) groups excluding carboxylic acids is 2. The van der Waals surface area contributed by atoms with E-state index < -0.39 is 22.6 Å². The van der Waals surface area contributed by atoms with E-state index in [1.165, 1.54) is 0 Å². The Hall–Kier alpha value is -1.42. The van der Waals surface area contributed by atoms with E-state index in [0.717, 1.165) is 0 Å². The van der Waals surface area contributed by atoms with E-state index in [9.17, 15) is 13.8 Å². The van der Waals surface area contributed by atoms with Crippen molar-refractivity contribution < 1.29 is 13.8 Å². The third-order valence-corrected chi connectivity index (χ3v) is 3.31. The van der Waals surface area contributed by atoms with E-state index in [1.807, 2.05) is 0 Å². The zero-order chi connectivity index (χ0) is 12.6. The van der Waals surface area contributed by atoms with Gasteiger partial charge in [-0.15, -0.1) is 0 Å². The first-order chi connectivity index (χ1) is 7.49. The van der Waals surface area contributed by atoms with Crippen LogP contribution < -0.4 is 10.6 Å². The number of amides is 2. The summed E-state index contributed by atoms with van der Waals surface area (Å²) in [5.74, 6) is -1.60. The van der Waals surface area contributed by atoms with Crippen molar-refractivity contribution in [3.8, 4) is 6.07 Å². The summed E-state index contributed by atoms with van der Waals surface area (Å²) in [5, 5.41) is 12.7. The number of rotatable bonds is 5. The molecular formula is C9H15N3O3S. The van der Waals surface area contributed by atoms with Gasteiger partial charge in [0, 0.05) is 28.9 Å². The van der Waals surface area contributed by atoms with Gasteiger partial charge in [-0.05, 0) is 6.42 Å². The van der Waals surface area contributed by atoms with E-state index in [0.29, 0.717) is 13.0 Å². The minimum atomic E-state index is -0.935. The number of hydrogen-bond donors (Lipinski definition) is 2. The van der Waals surface area contributed by atoms with Crippen LogP contribution in [-0.4, -0.2) is 40.6 Å². The van der Waals surface area contributed by atoms with Gasteiger partial charge in [-0.2, -0.15) is 5.26 Å². The molecular weight excluding hydrogens is 230 g/mol. The highest BCUT2D eigenvalue weighted by molar-refractivity contribution is 7.84. The number of hydrogen-bond acceptors (Lipinski definition) is 4. The van der Waals surface area contributed by atoms with Crippen molar-refractivity contribution in [2.45, 2.75) is 18.6 Å². The van der Waals surface area contributed by atoms with Gasteiger partial charge in [-0.25, -0.2) is 0 Å². The van der Waals surface area contributed by atoms with Crippen molar-refractivity contribution in [3.05, 3.63) is 0 Å². The van der Waals surface area contributed by atoms with Crippen molar-refractivity contribution in [1.82, 2.24) is 10.6 Å². The van der Waals surface area contributed by atoms with Crippen LogP contribution in [0, 0.1) is 11.3 Å². The highest BCUT2D eigenvalue weighted by Crippen LogP contribution is 1.96. The van der Waals surface area contributed by atoms with Gasteiger partial charge in [0.25, 0.3) is 0 Å². The first kappa shape index (κ1) is 14.6. The molecule has 16 heavy (non-hydrogen) atoms. The molecule has 2 amide bonds. The molecule has 2 N–H and O–H groups in total. The fraction of sp³-hybridized carbons (Fsp3) is 0.667. The fourth-order valence-electron chi connectivity index (χ4n) is 0.835. The summed E-state index contributed by atoms with van der Waals surface area (Å²) < 4.78 is 11.0. The standard InChI is InChI=1S/C9H15N3O3S/c1-7(16(2)15)3-5-11-8(13)9(14)12-6-4-10/h7H,3,5-6H2,1-2H3,(H,11,13)(H,12,14). The monoisotopic (exact) mass is 245 g/mol. The molecule has 0 fully saturated rings. The van der Waals surface area contributed by atoms with Gasteiger partial charge in [0.2, 0.25) is 0 Å². The lowest BCUT2D eigenvalue weighted by Crippen LogP contribution is -2.40. The molecule has 0 aromatic carbocycles. The molecule has 7 heteroatoms. The molecule has 0 radical (unpaired) electrons. The van der Waals surface area contributed by atoms with Crippen LogP contribution in [0.4, 0.5) is 0 Å². The molecule has 0 bridgehead atoms. The van der Waals surface area contributed by atoms with Crippen LogP contribution in [0.2, 0.25) is 0 Å². The number of carbonyl (C=O) groups is 2. The van der Waals surface area contributed by atoms with Gasteiger partial charge in [0.1, 0.15) is 6.54 Å². The average Bonchev–Trinajstić information content (AvgIpc) is 2.25. The molecule has 0 saturated heterocycles. The first-order valence-electron chi connectivity index (χ1n) is 4.74. The second-order valence-electron chi connectivity index (χ2n) is 3.19. The van der Waals surface area contributed by atoms with Gasteiger partial charge in [0.05, 0.1) is 6.07 Å². The fourth-order valence-corrected chi connectivity index (χ4v) is 1.29. The second kappa shape index (κ2) is 7.82. The van der Waals surface area contributed by atoms with Crippen molar-refractivity contribution in [1.29, 1.82) is 5.26 Å². The minimum Gasteiger partial charge on any atom is -0.348 e. The molecule has 0 heterocycles. The Bertz CT molecular complexity index is 324. The topological polar surface area (TPSA) is 99.1 Å². The highest BCUT2D eigenvalue weighted by Gasteiger charge is 2.13. The molecule has 90 valence electrons. The highest BCUT2D eigenvalue weighted by atomic mass is 32.2. The van der Waals surface area contributed by atoms with Crippen LogP contribution in [0.1, 0.15) is 13.3 Å². The summed E-state index contributed by atoms with van der Waals surface area (Å²) in [4.78, 5) is 22.1. The molecule has 0 saturated carbocycles. The Morgan fingerprint density at radius 3 is 2.44 bits per heavy atom. The third-order valence-electron chi connectivity index (χ3n) is 1.94. The molecule has 0 rings (SSSR count). The summed E-state index contributed by atoms with van der Waals surface area (Å²) in [7, 11) is -0.935. The van der Waals surface area contributed by atoms with Crippen LogP contribution in [0.25, 0.3) is 0 Å². The van der Waals surface area contributed by atoms with Crippen LogP contribution in [-0.2, 0) is 20.4 Å². The van der Waals surface area contributed by atoms with Gasteiger partial charge >= 0.3 is 11.8 Å². The largest absolute Gasteiger partial charge is 0.348 e. The van der Waals surface area contributed by atoms with Gasteiger partial charge in [-0.1, -0.05) is 6.92 Å². The number of nitrogens with one attached hydrogen (secondary N) is 2. The summed E-state index contributed by atoms with van der Waals surface area (Å²) in [6.45, 7) is 1.90. The van der Waals surface area contributed by atoms with E-state index in [1.54, 1.807) is 19.2 Å². The lowest BCUT2D eigenvalue weighted by Gasteiger charge is -2.08. The first-order valence-corrected chi connectivity index (χ1v) is 6.36. The third kappa shape index (κ3) is 6.14. The van der Waals surface area contributed by atoms with Crippen LogP contribution in [0.3, 0.4) is 0 Å². The predicted octanol–water partition coefficient (Wildman–Crippen LogP) is -1.10. The summed E-state index contributed by atoms with van der Waals surface area (Å²) in [6, 6.07) is 1.69. The van der Waals surface area contributed by atoms with Gasteiger partial charge in [0.15, 0.2) is 0 Å². The molecule has 2 atom stereocenters. The Balaban J connectivity index is 3.78. The second-order valence-corrected chi connectivity index (χ2v) is 5.00. The minimum absolute atomic E-state index is 0.0255. The van der Waals surface area contributed by atoms with E-state index >= 15 is 0 Å². The van der Waals surface area contributed by atoms with E-state index in [2.05, 4.69) is 10.6 Å². The SMILES string of the molecule is CC(CCNC(=O)C(=O)NCC#N)S(C)=O. The van der Waals surface area contributed by atoms with Crippen molar-refractivity contribution >= 4 is 22.6 Å². The van der Waals surface area contributed by atoms with Crippen LogP contribution >= 0.6 is 0 Å².